The number of unbranched alkanes of at least 4 members (excludes halogenated alkanes) is 1. The quantitative estimate of drug-likeness (QED) is 0.576. The molecule has 0 saturated heterocycles. The van der Waals surface area contributed by atoms with Crippen LogP contribution >= 0.6 is 0 Å². The van der Waals surface area contributed by atoms with Crippen LogP contribution in [0.5, 0.6) is 0 Å². The predicted octanol–water partition coefficient (Wildman–Crippen LogP) is 1.57. The first-order chi connectivity index (χ1) is 4.81. The SMILES string of the molecule is CCCCOC[C@@H](O)CC. The summed E-state index contributed by atoms with van der Waals surface area (Å²) in [5.74, 6) is 0. The fourth-order valence-corrected chi connectivity index (χ4v) is 0.584. The molecule has 2 heteroatoms. The highest BCUT2D eigenvalue weighted by Gasteiger charge is 1.98. The highest BCUT2D eigenvalue weighted by Crippen LogP contribution is 1.93. The average Bonchev–Trinajstić information content (AvgIpc) is 1.98. The zero-order chi connectivity index (χ0) is 7.82. The molecule has 0 aromatic carbocycles. The fourth-order valence-electron chi connectivity index (χ4n) is 0.584. The lowest BCUT2D eigenvalue weighted by atomic mass is 10.3. The highest BCUT2D eigenvalue weighted by molar-refractivity contribution is 4.47. The Morgan fingerprint density at radius 2 is 2.10 bits per heavy atom. The first kappa shape index (κ1) is 9.92. The molecule has 0 fully saturated rings. The third-order valence-corrected chi connectivity index (χ3v) is 1.42. The maximum Gasteiger partial charge on any atom is 0.0771 e. The molecule has 1 atom stereocenters. The van der Waals surface area contributed by atoms with Crippen LogP contribution in [-0.2, 0) is 4.74 Å². The van der Waals surface area contributed by atoms with Gasteiger partial charge in [-0.1, -0.05) is 20.3 Å². The van der Waals surface area contributed by atoms with Gasteiger partial charge >= 0.3 is 0 Å². The highest BCUT2D eigenvalue weighted by atomic mass is 16.5. The van der Waals surface area contributed by atoms with Crippen molar-refractivity contribution in [2.45, 2.75) is 39.2 Å². The molecule has 0 heterocycles. The normalized spacial score (nSPS) is 13.5. The molecule has 1 N–H and O–H groups in total. The van der Waals surface area contributed by atoms with Crippen molar-refractivity contribution in [1.82, 2.24) is 0 Å². The number of aliphatic hydroxyl groups excluding tert-OH is 1. The van der Waals surface area contributed by atoms with Crippen LogP contribution in [0.2, 0.25) is 0 Å². The lowest BCUT2D eigenvalue weighted by Gasteiger charge is -2.07. The van der Waals surface area contributed by atoms with Gasteiger partial charge in [0.15, 0.2) is 0 Å². The van der Waals surface area contributed by atoms with E-state index in [-0.39, 0.29) is 6.10 Å². The van der Waals surface area contributed by atoms with Gasteiger partial charge in [-0.25, -0.2) is 0 Å². The molecule has 0 aliphatic rings. The van der Waals surface area contributed by atoms with Crippen LogP contribution in [-0.4, -0.2) is 24.4 Å². The molecule has 0 bridgehead atoms. The molecule has 62 valence electrons. The van der Waals surface area contributed by atoms with E-state index in [9.17, 15) is 0 Å². The first-order valence-electron chi connectivity index (χ1n) is 4.07. The van der Waals surface area contributed by atoms with Crippen molar-refractivity contribution in [3.05, 3.63) is 0 Å². The minimum atomic E-state index is -0.267. The van der Waals surface area contributed by atoms with E-state index in [2.05, 4.69) is 6.92 Å². The van der Waals surface area contributed by atoms with Crippen LogP contribution in [0.1, 0.15) is 33.1 Å². The summed E-state index contributed by atoms with van der Waals surface area (Å²) in [6.07, 6.45) is 2.77. The summed E-state index contributed by atoms with van der Waals surface area (Å²) in [5.41, 5.74) is 0. The van der Waals surface area contributed by atoms with Crippen molar-refractivity contribution in [1.29, 1.82) is 0 Å². The summed E-state index contributed by atoms with van der Waals surface area (Å²) in [6, 6.07) is 0. The van der Waals surface area contributed by atoms with Crippen LogP contribution in [0.3, 0.4) is 0 Å². The van der Waals surface area contributed by atoms with Gasteiger partial charge in [-0.3, -0.25) is 0 Å². The van der Waals surface area contributed by atoms with Gasteiger partial charge in [0.05, 0.1) is 12.7 Å². The number of hydrogen-bond donors (Lipinski definition) is 1. The summed E-state index contributed by atoms with van der Waals surface area (Å²) < 4.78 is 5.18. The monoisotopic (exact) mass is 146 g/mol. The van der Waals surface area contributed by atoms with Crippen molar-refractivity contribution in [3.63, 3.8) is 0 Å². The summed E-state index contributed by atoms with van der Waals surface area (Å²) in [6.45, 7) is 5.36. The average molecular weight is 146 g/mol. The third kappa shape index (κ3) is 6.05. The second-order valence-electron chi connectivity index (χ2n) is 2.49. The minimum absolute atomic E-state index is 0.267. The zero-order valence-electron chi connectivity index (χ0n) is 6.97. The molecular weight excluding hydrogens is 128 g/mol. The Bertz CT molecular complexity index is 64.3. The molecule has 10 heavy (non-hydrogen) atoms. The van der Waals surface area contributed by atoms with E-state index in [1.165, 1.54) is 0 Å². The lowest BCUT2D eigenvalue weighted by Crippen LogP contribution is -2.14. The number of ether oxygens (including phenoxy) is 1. The molecular formula is C8H18O2. The largest absolute Gasteiger partial charge is 0.391 e. The number of aliphatic hydroxyl groups is 1. The Morgan fingerprint density at radius 3 is 2.60 bits per heavy atom. The Labute approximate surface area is 63.2 Å². The molecule has 0 amide bonds. The molecule has 0 aromatic rings. The van der Waals surface area contributed by atoms with E-state index in [1.54, 1.807) is 0 Å². The molecule has 0 radical (unpaired) electrons. The van der Waals surface area contributed by atoms with Crippen molar-refractivity contribution in [3.8, 4) is 0 Å². The molecule has 0 aliphatic heterocycles. The Hall–Kier alpha value is -0.0800. The first-order valence-corrected chi connectivity index (χ1v) is 4.07. The van der Waals surface area contributed by atoms with Crippen molar-refractivity contribution >= 4 is 0 Å². The van der Waals surface area contributed by atoms with Crippen LogP contribution in [0.25, 0.3) is 0 Å². The van der Waals surface area contributed by atoms with E-state index in [0.29, 0.717) is 6.61 Å². The summed E-state index contributed by atoms with van der Waals surface area (Å²) in [4.78, 5) is 0. The molecule has 0 spiro atoms. The lowest BCUT2D eigenvalue weighted by molar-refractivity contribution is 0.0340. The third-order valence-electron chi connectivity index (χ3n) is 1.42. The molecule has 0 rings (SSSR count). The van der Waals surface area contributed by atoms with Crippen molar-refractivity contribution in [2.75, 3.05) is 13.2 Å². The van der Waals surface area contributed by atoms with Gasteiger partial charge in [-0.2, -0.15) is 0 Å². The molecule has 2 nitrogen and oxygen atoms in total. The summed E-state index contributed by atoms with van der Waals surface area (Å²) in [5, 5.41) is 9.03. The Kier molecular flexibility index (Phi) is 6.98. The van der Waals surface area contributed by atoms with E-state index in [1.807, 2.05) is 6.92 Å². The Balaban J connectivity index is 2.89. The molecule has 0 aromatic heterocycles. The minimum Gasteiger partial charge on any atom is -0.391 e. The van der Waals surface area contributed by atoms with Crippen LogP contribution in [0.15, 0.2) is 0 Å². The van der Waals surface area contributed by atoms with Gasteiger partial charge < -0.3 is 9.84 Å². The summed E-state index contributed by atoms with van der Waals surface area (Å²) in [7, 11) is 0. The van der Waals surface area contributed by atoms with Gasteiger partial charge in [0, 0.05) is 6.61 Å². The standard InChI is InChI=1S/C8H18O2/c1-3-5-6-10-7-8(9)4-2/h8-9H,3-7H2,1-2H3/t8-/m0/s1. The van der Waals surface area contributed by atoms with Crippen LogP contribution < -0.4 is 0 Å². The number of rotatable bonds is 6. The van der Waals surface area contributed by atoms with Crippen molar-refractivity contribution < 1.29 is 9.84 Å². The van der Waals surface area contributed by atoms with E-state index in [4.69, 9.17) is 9.84 Å². The predicted molar refractivity (Wildman–Crippen MR) is 42.0 cm³/mol. The summed E-state index contributed by atoms with van der Waals surface area (Å²) >= 11 is 0. The Morgan fingerprint density at radius 1 is 1.40 bits per heavy atom. The van der Waals surface area contributed by atoms with Crippen LogP contribution in [0, 0.1) is 0 Å². The second-order valence-corrected chi connectivity index (χ2v) is 2.49. The van der Waals surface area contributed by atoms with Crippen LogP contribution in [0.4, 0.5) is 0 Å². The van der Waals surface area contributed by atoms with Gasteiger partial charge in [-0.15, -0.1) is 0 Å². The topological polar surface area (TPSA) is 29.5 Å². The van der Waals surface area contributed by atoms with Gasteiger partial charge in [0.25, 0.3) is 0 Å². The molecule has 0 unspecified atom stereocenters. The number of hydrogen-bond acceptors (Lipinski definition) is 2. The van der Waals surface area contributed by atoms with E-state index < -0.39 is 0 Å². The molecule has 0 aliphatic carbocycles. The molecule has 0 saturated carbocycles. The second kappa shape index (κ2) is 7.03. The smallest absolute Gasteiger partial charge is 0.0771 e. The van der Waals surface area contributed by atoms with Gasteiger partial charge in [0.1, 0.15) is 0 Å². The maximum atomic E-state index is 9.03. The maximum absolute atomic E-state index is 9.03. The van der Waals surface area contributed by atoms with Crippen molar-refractivity contribution in [2.24, 2.45) is 0 Å². The van der Waals surface area contributed by atoms with E-state index >= 15 is 0 Å². The van der Waals surface area contributed by atoms with Gasteiger partial charge in [0.2, 0.25) is 0 Å². The zero-order valence-corrected chi connectivity index (χ0v) is 6.97. The van der Waals surface area contributed by atoms with E-state index in [0.717, 1.165) is 25.9 Å². The van der Waals surface area contributed by atoms with Gasteiger partial charge in [-0.05, 0) is 12.8 Å². The fraction of sp³-hybridized carbons (Fsp3) is 1.00.